The minimum atomic E-state index is -4.79. The van der Waals surface area contributed by atoms with Gasteiger partial charge >= 0.3 is 12.4 Å². The number of halogens is 9. The molecule has 0 heterocycles. The van der Waals surface area contributed by atoms with Crippen LogP contribution in [0.2, 0.25) is 0 Å². The minimum absolute atomic E-state index is 0.0495. The van der Waals surface area contributed by atoms with E-state index in [1.165, 1.54) is 12.1 Å². The van der Waals surface area contributed by atoms with Gasteiger partial charge in [0, 0.05) is 21.1 Å². The van der Waals surface area contributed by atoms with Gasteiger partial charge in [0.2, 0.25) is 5.91 Å². The Morgan fingerprint density at radius 2 is 1.66 bits per heavy atom. The second kappa shape index (κ2) is 13.2. The molecule has 0 spiro atoms. The van der Waals surface area contributed by atoms with E-state index in [-0.39, 0.29) is 35.4 Å². The standard InChI is InChI=1S/C18H10Br2F6O.C7H13FN2O/c19-13-6-12(7-14(20)8-13)15(17(21,22)23)4-2-10-1-3-11(9-27)16(5-10)18(24,25)26;1-9-7(2-3-7)6(11)10-5-4-8/h1-9,15H;9H,2-5H2,1H3,(H,10,11)/b4-2+;. The van der Waals surface area contributed by atoms with Gasteiger partial charge in [-0.1, -0.05) is 56.1 Å². The number of benzene rings is 2. The van der Waals surface area contributed by atoms with E-state index in [2.05, 4.69) is 42.5 Å². The highest BCUT2D eigenvalue weighted by atomic mass is 79.9. The van der Waals surface area contributed by atoms with Crippen molar-refractivity contribution in [1.82, 2.24) is 10.6 Å². The number of likely N-dealkylation sites (N-methyl/N-ethyl adjacent to an activating group) is 1. The SMILES string of the molecule is CNC1(C(=O)NCCF)CC1.O=Cc1ccc(/C=C/C(c2cc(Br)cc(Br)c2)C(F)(F)F)cc1C(F)(F)F. The fourth-order valence-electron chi connectivity index (χ4n) is 3.44. The third-order valence-corrected chi connectivity index (χ3v) is 6.55. The predicted octanol–water partition coefficient (Wildman–Crippen LogP) is 7.23. The molecule has 208 valence electrons. The summed E-state index contributed by atoms with van der Waals surface area (Å²) >= 11 is 6.22. The van der Waals surface area contributed by atoms with Crippen molar-refractivity contribution >= 4 is 50.1 Å². The van der Waals surface area contributed by atoms with E-state index in [1.54, 1.807) is 13.1 Å². The summed E-state index contributed by atoms with van der Waals surface area (Å²) in [6.07, 6.45) is -5.93. The van der Waals surface area contributed by atoms with Crippen LogP contribution in [0.15, 0.2) is 51.4 Å². The maximum absolute atomic E-state index is 13.5. The number of alkyl halides is 7. The lowest BCUT2D eigenvalue weighted by molar-refractivity contribution is -0.139. The van der Waals surface area contributed by atoms with Crippen molar-refractivity contribution in [3.05, 3.63) is 73.7 Å². The van der Waals surface area contributed by atoms with Crippen LogP contribution in [-0.2, 0) is 11.0 Å². The lowest BCUT2D eigenvalue weighted by Crippen LogP contribution is -2.45. The van der Waals surface area contributed by atoms with E-state index < -0.39 is 36.1 Å². The second-order valence-corrected chi connectivity index (χ2v) is 10.2. The summed E-state index contributed by atoms with van der Waals surface area (Å²) in [6.45, 7) is -0.367. The second-order valence-electron chi connectivity index (χ2n) is 8.32. The molecular formula is C25H23Br2F7N2O2. The van der Waals surface area contributed by atoms with Crippen LogP contribution in [-0.4, -0.2) is 44.2 Å². The Kier molecular flexibility index (Phi) is 11.1. The van der Waals surface area contributed by atoms with Crippen LogP contribution in [0.5, 0.6) is 0 Å². The number of amides is 1. The number of carbonyl (C=O) groups is 2. The zero-order valence-electron chi connectivity index (χ0n) is 19.8. The summed E-state index contributed by atoms with van der Waals surface area (Å²) in [7, 11) is 1.75. The predicted molar refractivity (Wildman–Crippen MR) is 137 cm³/mol. The van der Waals surface area contributed by atoms with Crippen LogP contribution < -0.4 is 10.6 Å². The number of hydrogen-bond donors (Lipinski definition) is 2. The molecule has 4 nitrogen and oxygen atoms in total. The van der Waals surface area contributed by atoms with E-state index in [0.29, 0.717) is 15.0 Å². The van der Waals surface area contributed by atoms with Crippen LogP contribution in [0.1, 0.15) is 45.8 Å². The van der Waals surface area contributed by atoms with Gasteiger partial charge in [-0.25, -0.2) is 4.39 Å². The normalized spacial score (nSPS) is 15.4. The average Bonchev–Trinajstić information content (AvgIpc) is 3.62. The summed E-state index contributed by atoms with van der Waals surface area (Å²) in [5.41, 5.74) is -2.33. The summed E-state index contributed by atoms with van der Waals surface area (Å²) in [6, 6.07) is 6.85. The Balaban J connectivity index is 0.000000384. The molecule has 0 bridgehead atoms. The Bertz CT molecular complexity index is 1140. The maximum atomic E-state index is 13.5. The van der Waals surface area contributed by atoms with E-state index >= 15 is 0 Å². The zero-order valence-corrected chi connectivity index (χ0v) is 23.0. The van der Waals surface area contributed by atoms with E-state index in [4.69, 9.17) is 0 Å². The average molecular weight is 676 g/mol. The van der Waals surface area contributed by atoms with Crippen molar-refractivity contribution in [2.75, 3.05) is 20.3 Å². The molecule has 0 saturated heterocycles. The van der Waals surface area contributed by atoms with Crippen molar-refractivity contribution in [2.45, 2.75) is 36.7 Å². The number of nitrogens with one attached hydrogen (secondary N) is 2. The molecule has 2 aromatic carbocycles. The third-order valence-electron chi connectivity index (χ3n) is 5.63. The Hall–Kier alpha value is -2.25. The van der Waals surface area contributed by atoms with Gasteiger partial charge in [-0.2, -0.15) is 26.3 Å². The summed E-state index contributed by atoms with van der Waals surface area (Å²) < 4.78 is 91.8. The highest BCUT2D eigenvalue weighted by molar-refractivity contribution is 9.11. The quantitative estimate of drug-likeness (QED) is 0.229. The first kappa shape index (κ1) is 32.0. The van der Waals surface area contributed by atoms with Gasteiger partial charge in [-0.3, -0.25) is 9.59 Å². The van der Waals surface area contributed by atoms with Crippen molar-refractivity contribution in [1.29, 1.82) is 0 Å². The Labute approximate surface area is 231 Å². The summed E-state index contributed by atoms with van der Waals surface area (Å²) in [5.74, 6) is -2.09. The van der Waals surface area contributed by atoms with Crippen LogP contribution in [0, 0.1) is 0 Å². The molecule has 1 aliphatic rings. The van der Waals surface area contributed by atoms with Crippen molar-refractivity contribution in [3.63, 3.8) is 0 Å². The molecular weight excluding hydrogens is 653 g/mol. The Morgan fingerprint density at radius 1 is 1.05 bits per heavy atom. The van der Waals surface area contributed by atoms with Crippen molar-refractivity contribution < 1.29 is 40.3 Å². The topological polar surface area (TPSA) is 58.2 Å². The number of rotatable bonds is 8. The third kappa shape index (κ3) is 8.91. The fraction of sp³-hybridized carbons (Fsp3) is 0.360. The molecule has 3 rings (SSSR count). The lowest BCUT2D eigenvalue weighted by atomic mass is 9.96. The molecule has 1 fully saturated rings. The fourth-order valence-corrected chi connectivity index (χ4v) is 4.77. The highest BCUT2D eigenvalue weighted by Crippen LogP contribution is 2.39. The number of allylic oxidation sites excluding steroid dienone is 1. The minimum Gasteiger partial charge on any atom is -0.352 e. The van der Waals surface area contributed by atoms with E-state index in [0.717, 1.165) is 37.1 Å². The van der Waals surface area contributed by atoms with Crippen LogP contribution in [0.4, 0.5) is 30.7 Å². The number of hydrogen-bond acceptors (Lipinski definition) is 3. The molecule has 1 saturated carbocycles. The van der Waals surface area contributed by atoms with Gasteiger partial charge in [-0.15, -0.1) is 0 Å². The summed E-state index contributed by atoms with van der Waals surface area (Å²) in [4.78, 5) is 21.9. The molecule has 2 aromatic rings. The molecule has 1 atom stereocenters. The van der Waals surface area contributed by atoms with Crippen molar-refractivity contribution in [2.24, 2.45) is 0 Å². The van der Waals surface area contributed by atoms with Gasteiger partial charge in [0.25, 0.3) is 0 Å². The first-order valence-corrected chi connectivity index (χ1v) is 12.7. The molecule has 1 aliphatic carbocycles. The molecule has 13 heteroatoms. The molecule has 38 heavy (non-hydrogen) atoms. The highest BCUT2D eigenvalue weighted by Gasteiger charge is 2.48. The van der Waals surface area contributed by atoms with Gasteiger partial charge < -0.3 is 10.6 Å². The molecule has 0 aromatic heterocycles. The van der Waals surface area contributed by atoms with Crippen LogP contribution in [0.25, 0.3) is 6.08 Å². The maximum Gasteiger partial charge on any atom is 0.417 e. The number of carbonyl (C=O) groups excluding carboxylic acids is 2. The van der Waals surface area contributed by atoms with Gasteiger partial charge in [0.1, 0.15) is 6.67 Å². The molecule has 2 N–H and O–H groups in total. The molecule has 1 unspecified atom stereocenters. The van der Waals surface area contributed by atoms with E-state index in [9.17, 15) is 40.3 Å². The lowest BCUT2D eigenvalue weighted by Gasteiger charge is -2.18. The number of aldehydes is 1. The summed E-state index contributed by atoms with van der Waals surface area (Å²) in [5, 5.41) is 5.44. The molecule has 0 radical (unpaired) electrons. The monoisotopic (exact) mass is 674 g/mol. The first-order chi connectivity index (χ1) is 17.7. The van der Waals surface area contributed by atoms with Gasteiger partial charge in [-0.05, 0) is 55.3 Å². The van der Waals surface area contributed by atoms with E-state index in [1.807, 2.05) is 0 Å². The Morgan fingerprint density at radius 3 is 2.11 bits per heavy atom. The molecule has 0 aliphatic heterocycles. The smallest absolute Gasteiger partial charge is 0.352 e. The van der Waals surface area contributed by atoms with Crippen LogP contribution >= 0.6 is 31.9 Å². The van der Waals surface area contributed by atoms with Gasteiger partial charge in [0.15, 0.2) is 6.29 Å². The first-order valence-electron chi connectivity index (χ1n) is 11.1. The van der Waals surface area contributed by atoms with Gasteiger partial charge in [0.05, 0.1) is 17.0 Å². The van der Waals surface area contributed by atoms with Crippen molar-refractivity contribution in [3.8, 4) is 0 Å². The molecule has 1 amide bonds. The van der Waals surface area contributed by atoms with Crippen LogP contribution in [0.3, 0.4) is 0 Å². The zero-order chi connectivity index (χ0) is 28.7. The largest absolute Gasteiger partial charge is 0.417 e.